The van der Waals surface area contributed by atoms with E-state index in [1.807, 2.05) is 0 Å². The Morgan fingerprint density at radius 2 is 1.57 bits per heavy atom. The van der Waals surface area contributed by atoms with Gasteiger partial charge in [-0.3, -0.25) is 0 Å². The number of rotatable bonds is 0. The van der Waals surface area contributed by atoms with E-state index in [2.05, 4.69) is 0 Å². The Morgan fingerprint density at radius 1 is 1.00 bits per heavy atom. The van der Waals surface area contributed by atoms with E-state index < -0.39 is 0 Å². The third-order valence-corrected chi connectivity index (χ3v) is 1.50. The SMILES string of the molecule is [CH]=C1CCCCC1. The minimum absolute atomic E-state index is 1.18. The molecular formula is C7H11. The predicted molar refractivity (Wildman–Crippen MR) is 30.9 cm³/mol. The fraction of sp³-hybridized carbons (Fsp3) is 0.714. The van der Waals surface area contributed by atoms with Gasteiger partial charge in [-0.1, -0.05) is 18.6 Å². The van der Waals surface area contributed by atoms with E-state index in [0.717, 1.165) is 0 Å². The molecule has 1 saturated carbocycles. The summed E-state index contributed by atoms with van der Waals surface area (Å²) in [6.07, 6.45) is 6.40. The molecule has 0 bridgehead atoms. The van der Waals surface area contributed by atoms with Crippen LogP contribution >= 0.6 is 0 Å². The lowest BCUT2D eigenvalue weighted by atomic mass is 9.97. The van der Waals surface area contributed by atoms with Crippen LogP contribution in [0.25, 0.3) is 0 Å². The van der Waals surface area contributed by atoms with Gasteiger partial charge in [-0.15, -0.1) is 0 Å². The molecular weight excluding hydrogens is 84.1 g/mol. The summed E-state index contributed by atoms with van der Waals surface area (Å²) in [6, 6.07) is 0. The third-order valence-electron chi connectivity index (χ3n) is 1.50. The highest BCUT2D eigenvalue weighted by Gasteiger charge is 2.00. The van der Waals surface area contributed by atoms with Crippen LogP contribution in [0.2, 0.25) is 0 Å². The Balaban J connectivity index is 2.25. The summed E-state index contributed by atoms with van der Waals surface area (Å²) < 4.78 is 0. The van der Waals surface area contributed by atoms with Crippen LogP contribution in [0.15, 0.2) is 5.57 Å². The number of hydrogen-bond donors (Lipinski definition) is 0. The van der Waals surface area contributed by atoms with Crippen molar-refractivity contribution in [2.24, 2.45) is 0 Å². The van der Waals surface area contributed by atoms with Gasteiger partial charge in [0.05, 0.1) is 0 Å². The quantitative estimate of drug-likeness (QED) is 0.433. The molecule has 0 unspecified atom stereocenters. The minimum Gasteiger partial charge on any atom is -0.0702 e. The molecule has 0 aliphatic heterocycles. The molecule has 7 heavy (non-hydrogen) atoms. The van der Waals surface area contributed by atoms with Gasteiger partial charge in [0.1, 0.15) is 0 Å². The van der Waals surface area contributed by atoms with E-state index in [0.29, 0.717) is 0 Å². The van der Waals surface area contributed by atoms with Crippen LogP contribution < -0.4 is 0 Å². The molecule has 1 aliphatic carbocycles. The van der Waals surface area contributed by atoms with Crippen molar-refractivity contribution in [3.05, 3.63) is 12.2 Å². The maximum absolute atomic E-state index is 5.55. The maximum atomic E-state index is 5.55. The van der Waals surface area contributed by atoms with Gasteiger partial charge >= 0.3 is 0 Å². The predicted octanol–water partition coefficient (Wildman–Crippen LogP) is 2.31. The molecule has 0 atom stereocenters. The molecule has 0 saturated heterocycles. The van der Waals surface area contributed by atoms with Gasteiger partial charge in [-0.05, 0) is 25.7 Å². The lowest BCUT2D eigenvalue weighted by molar-refractivity contribution is 0.600. The fourth-order valence-corrected chi connectivity index (χ4v) is 1.01. The lowest BCUT2D eigenvalue weighted by Gasteiger charge is -2.09. The highest BCUT2D eigenvalue weighted by Crippen LogP contribution is 2.19. The molecule has 0 amide bonds. The molecule has 1 rings (SSSR count). The molecule has 0 N–H and O–H groups in total. The molecule has 39 valence electrons. The average molecular weight is 95.2 g/mol. The van der Waals surface area contributed by atoms with Gasteiger partial charge in [-0.25, -0.2) is 0 Å². The van der Waals surface area contributed by atoms with Crippen LogP contribution in [0.3, 0.4) is 0 Å². The van der Waals surface area contributed by atoms with Gasteiger partial charge < -0.3 is 0 Å². The minimum atomic E-state index is 1.18. The second kappa shape index (κ2) is 2.15. The summed E-state index contributed by atoms with van der Waals surface area (Å²) in [6.45, 7) is 5.55. The first-order valence-electron chi connectivity index (χ1n) is 3.00. The first kappa shape index (κ1) is 4.89. The van der Waals surface area contributed by atoms with Crippen LogP contribution in [-0.4, -0.2) is 0 Å². The molecule has 1 radical (unpaired) electrons. The molecule has 1 fully saturated rings. The molecule has 0 spiro atoms. The molecule has 0 nitrogen and oxygen atoms in total. The van der Waals surface area contributed by atoms with Crippen molar-refractivity contribution in [1.29, 1.82) is 0 Å². The summed E-state index contributed by atoms with van der Waals surface area (Å²) in [5, 5.41) is 0. The first-order valence-corrected chi connectivity index (χ1v) is 3.00. The molecule has 0 aromatic rings. The summed E-state index contributed by atoms with van der Waals surface area (Å²) in [5.41, 5.74) is 1.21. The first-order chi connectivity index (χ1) is 3.39. The van der Waals surface area contributed by atoms with Crippen molar-refractivity contribution in [2.75, 3.05) is 0 Å². The fourth-order valence-electron chi connectivity index (χ4n) is 1.01. The van der Waals surface area contributed by atoms with E-state index in [-0.39, 0.29) is 0 Å². The number of hydrogen-bond acceptors (Lipinski definition) is 0. The van der Waals surface area contributed by atoms with Crippen LogP contribution in [0, 0.1) is 6.58 Å². The zero-order valence-corrected chi connectivity index (χ0v) is 4.61. The summed E-state index contributed by atoms with van der Waals surface area (Å²) in [5.74, 6) is 0. The Hall–Kier alpha value is -0.260. The van der Waals surface area contributed by atoms with Crippen LogP contribution in [0.5, 0.6) is 0 Å². The van der Waals surface area contributed by atoms with Gasteiger partial charge in [0.2, 0.25) is 0 Å². The Bertz CT molecular complexity index is 64.1. The van der Waals surface area contributed by atoms with Crippen LogP contribution in [0.1, 0.15) is 32.1 Å². The standard InChI is InChI=1S/C7H11/c1-7-5-3-2-4-6-7/h1H,2-6H2. The Morgan fingerprint density at radius 3 is 1.86 bits per heavy atom. The zero-order valence-electron chi connectivity index (χ0n) is 4.61. The van der Waals surface area contributed by atoms with Crippen molar-refractivity contribution in [2.45, 2.75) is 32.1 Å². The van der Waals surface area contributed by atoms with Gasteiger partial charge in [0.25, 0.3) is 0 Å². The van der Waals surface area contributed by atoms with Crippen molar-refractivity contribution in [3.63, 3.8) is 0 Å². The van der Waals surface area contributed by atoms with E-state index >= 15 is 0 Å². The second-order valence-corrected chi connectivity index (χ2v) is 2.22. The van der Waals surface area contributed by atoms with Crippen LogP contribution in [0.4, 0.5) is 0 Å². The molecule has 1 aliphatic rings. The zero-order chi connectivity index (χ0) is 5.11. The van der Waals surface area contributed by atoms with Gasteiger partial charge in [0.15, 0.2) is 0 Å². The van der Waals surface area contributed by atoms with Crippen LogP contribution in [-0.2, 0) is 0 Å². The molecule has 0 aromatic carbocycles. The maximum Gasteiger partial charge on any atom is -0.0317 e. The van der Waals surface area contributed by atoms with Gasteiger partial charge in [-0.2, -0.15) is 0 Å². The highest BCUT2D eigenvalue weighted by atomic mass is 14.1. The molecule has 0 aromatic heterocycles. The van der Waals surface area contributed by atoms with E-state index in [9.17, 15) is 0 Å². The monoisotopic (exact) mass is 95.1 g/mol. The summed E-state index contributed by atoms with van der Waals surface area (Å²) >= 11 is 0. The van der Waals surface area contributed by atoms with E-state index in [1.54, 1.807) is 0 Å². The van der Waals surface area contributed by atoms with Crippen molar-refractivity contribution in [3.8, 4) is 0 Å². The number of allylic oxidation sites excluding steroid dienone is 1. The summed E-state index contributed by atoms with van der Waals surface area (Å²) in [4.78, 5) is 0. The molecule has 0 heteroatoms. The average Bonchev–Trinajstić information content (AvgIpc) is 1.69. The van der Waals surface area contributed by atoms with E-state index in [1.165, 1.54) is 37.7 Å². The highest BCUT2D eigenvalue weighted by molar-refractivity contribution is 4.93. The topological polar surface area (TPSA) is 0 Å². The molecule has 0 heterocycles. The third kappa shape index (κ3) is 1.34. The van der Waals surface area contributed by atoms with E-state index in [4.69, 9.17) is 6.58 Å². The Labute approximate surface area is 45.2 Å². The lowest BCUT2D eigenvalue weighted by Crippen LogP contribution is -1.90. The Kier molecular flexibility index (Phi) is 1.50. The van der Waals surface area contributed by atoms with Crippen molar-refractivity contribution >= 4 is 0 Å². The second-order valence-electron chi connectivity index (χ2n) is 2.22. The van der Waals surface area contributed by atoms with Gasteiger partial charge in [0, 0.05) is 0 Å². The van der Waals surface area contributed by atoms with Crippen molar-refractivity contribution < 1.29 is 0 Å². The summed E-state index contributed by atoms with van der Waals surface area (Å²) in [7, 11) is 0. The van der Waals surface area contributed by atoms with Crippen molar-refractivity contribution in [1.82, 2.24) is 0 Å². The normalized spacial score (nSPS) is 22.6. The smallest absolute Gasteiger partial charge is 0.0317 e. The largest absolute Gasteiger partial charge is 0.0702 e.